The summed E-state index contributed by atoms with van der Waals surface area (Å²) in [6.45, 7) is 0. The molecule has 0 saturated carbocycles. The molecule has 6 heteroatoms. The van der Waals surface area contributed by atoms with Gasteiger partial charge in [-0.15, -0.1) is 11.8 Å². The van der Waals surface area contributed by atoms with E-state index in [1.54, 1.807) is 12.1 Å². The Morgan fingerprint density at radius 2 is 1.93 bits per heavy atom. The van der Waals surface area contributed by atoms with E-state index in [-0.39, 0.29) is 15.3 Å². The molecule has 0 atom stereocenters. The van der Waals surface area contributed by atoms with Crippen molar-refractivity contribution < 1.29 is 5.11 Å². The van der Waals surface area contributed by atoms with Crippen molar-refractivity contribution in [3.05, 3.63) is 32.7 Å². The molecule has 1 aromatic rings. The first kappa shape index (κ1) is 13.3. The summed E-state index contributed by atoms with van der Waals surface area (Å²) in [7, 11) is 0. The number of aromatic hydroxyl groups is 1. The molecule has 1 N–H and O–H groups in total. The number of phenolic OH excluding ortho intramolecular Hbond substituents is 1. The molecule has 0 aliphatic rings. The molecule has 0 fully saturated rings. The number of hydrogen-bond acceptors (Lipinski definition) is 2. The Hall–Kier alpha value is 0.270. The minimum absolute atomic E-state index is 0.0306. The molecule has 1 nitrogen and oxygen atoms in total. The summed E-state index contributed by atoms with van der Waals surface area (Å²) in [4.78, 5) is 0.769. The van der Waals surface area contributed by atoms with Crippen LogP contribution in [-0.2, 0) is 0 Å². The summed E-state index contributed by atoms with van der Waals surface area (Å²) in [5.41, 5.74) is 0. The Morgan fingerprint density at radius 1 is 1.27 bits per heavy atom. The fourth-order valence-corrected chi connectivity index (χ4v) is 2.54. The van der Waals surface area contributed by atoms with Crippen LogP contribution in [0.15, 0.2) is 27.6 Å². The van der Waals surface area contributed by atoms with Gasteiger partial charge in [0.2, 0.25) is 0 Å². The van der Waals surface area contributed by atoms with Crippen LogP contribution < -0.4 is 0 Å². The van der Waals surface area contributed by atoms with Crippen LogP contribution in [0.5, 0.6) is 5.75 Å². The highest BCUT2D eigenvalue weighted by Gasteiger charge is 2.06. The number of benzene rings is 1. The normalized spacial score (nSPS) is 10.1. The lowest BCUT2D eigenvalue weighted by atomic mass is 10.3. The Labute approximate surface area is 112 Å². The van der Waals surface area contributed by atoms with E-state index < -0.39 is 0 Å². The molecule has 0 aliphatic carbocycles. The molecule has 0 spiro atoms. The zero-order valence-electron chi connectivity index (χ0n) is 7.31. The lowest BCUT2D eigenvalue weighted by Gasteiger charge is -2.04. The average Bonchev–Trinajstić information content (AvgIpc) is 2.13. The number of halogens is 4. The second-order valence-electron chi connectivity index (χ2n) is 2.54. The van der Waals surface area contributed by atoms with Crippen LogP contribution >= 0.6 is 58.2 Å². The van der Waals surface area contributed by atoms with Gasteiger partial charge < -0.3 is 5.11 Å². The van der Waals surface area contributed by atoms with E-state index >= 15 is 0 Å². The second-order valence-corrected chi connectivity index (χ2v) is 5.42. The van der Waals surface area contributed by atoms with E-state index in [1.807, 2.05) is 0 Å². The molecule has 0 unspecified atom stereocenters. The summed E-state index contributed by atoms with van der Waals surface area (Å²) in [6, 6.07) is 3.00. The molecule has 0 saturated heterocycles. The van der Waals surface area contributed by atoms with E-state index in [1.165, 1.54) is 17.8 Å². The van der Waals surface area contributed by atoms with Gasteiger partial charge in [0.15, 0.2) is 0 Å². The average molecular weight is 304 g/mol. The van der Waals surface area contributed by atoms with E-state index in [9.17, 15) is 5.11 Å². The van der Waals surface area contributed by atoms with Crippen LogP contribution in [0.4, 0.5) is 0 Å². The topological polar surface area (TPSA) is 20.2 Å². The first-order valence-electron chi connectivity index (χ1n) is 3.82. The smallest absolute Gasteiger partial charge is 0.135 e. The van der Waals surface area contributed by atoms with Gasteiger partial charge in [0.25, 0.3) is 0 Å². The van der Waals surface area contributed by atoms with Crippen molar-refractivity contribution in [2.45, 2.75) is 4.90 Å². The summed E-state index contributed by atoms with van der Waals surface area (Å²) in [5, 5.41) is 9.97. The van der Waals surface area contributed by atoms with Gasteiger partial charge in [-0.25, -0.2) is 0 Å². The molecular weight excluding hydrogens is 298 g/mol. The molecule has 0 bridgehead atoms. The molecular formula is C9H6Cl4OS. The van der Waals surface area contributed by atoms with Gasteiger partial charge in [0, 0.05) is 16.7 Å². The van der Waals surface area contributed by atoms with E-state index in [4.69, 9.17) is 46.4 Å². The lowest BCUT2D eigenvalue weighted by Crippen LogP contribution is -1.78. The van der Waals surface area contributed by atoms with Crippen molar-refractivity contribution >= 4 is 58.2 Å². The fraction of sp³-hybridized carbons (Fsp3) is 0.111. The van der Waals surface area contributed by atoms with E-state index in [0.717, 1.165) is 4.90 Å². The summed E-state index contributed by atoms with van der Waals surface area (Å²) in [6.07, 6.45) is 1.64. The Kier molecular flexibility index (Phi) is 5.44. The fourth-order valence-electron chi connectivity index (χ4n) is 0.823. The molecule has 82 valence electrons. The Morgan fingerprint density at radius 3 is 2.53 bits per heavy atom. The highest BCUT2D eigenvalue weighted by molar-refractivity contribution is 7.99. The molecule has 0 aromatic heterocycles. The zero-order valence-corrected chi connectivity index (χ0v) is 11.1. The number of thioether (sulfide) groups is 1. The third kappa shape index (κ3) is 4.33. The van der Waals surface area contributed by atoms with Gasteiger partial charge in [0.05, 0.1) is 10.0 Å². The van der Waals surface area contributed by atoms with Gasteiger partial charge in [-0.2, -0.15) is 0 Å². The maximum Gasteiger partial charge on any atom is 0.135 e. The predicted octanol–water partition coefficient (Wildman–Crippen LogP) is 5.11. The highest BCUT2D eigenvalue weighted by atomic mass is 35.5. The highest BCUT2D eigenvalue weighted by Crippen LogP contribution is 2.35. The molecule has 1 rings (SSSR count). The van der Waals surface area contributed by atoms with Crippen molar-refractivity contribution in [3.8, 4) is 5.75 Å². The van der Waals surface area contributed by atoms with Crippen molar-refractivity contribution in [2.75, 3.05) is 5.75 Å². The number of phenols is 1. The summed E-state index contributed by atoms with van der Waals surface area (Å²) in [5.74, 6) is 0.556. The molecule has 1 aromatic carbocycles. The van der Waals surface area contributed by atoms with Gasteiger partial charge >= 0.3 is 0 Å². The quantitative estimate of drug-likeness (QED) is 0.783. The SMILES string of the molecule is Oc1cc(Cl)c(SCC=C(Cl)Cl)cc1Cl. The first-order valence-corrected chi connectivity index (χ1v) is 6.32. The Balaban J connectivity index is 2.77. The van der Waals surface area contributed by atoms with Gasteiger partial charge in [0.1, 0.15) is 10.2 Å². The molecule has 15 heavy (non-hydrogen) atoms. The Bertz CT molecular complexity index is 388. The van der Waals surface area contributed by atoms with E-state index in [0.29, 0.717) is 10.8 Å². The monoisotopic (exact) mass is 302 g/mol. The van der Waals surface area contributed by atoms with Crippen LogP contribution in [0.2, 0.25) is 10.0 Å². The van der Waals surface area contributed by atoms with Gasteiger partial charge in [-0.3, -0.25) is 0 Å². The minimum Gasteiger partial charge on any atom is -0.506 e. The second kappa shape index (κ2) is 6.12. The molecule has 0 heterocycles. The maximum atomic E-state index is 9.26. The van der Waals surface area contributed by atoms with Crippen molar-refractivity contribution in [1.82, 2.24) is 0 Å². The first-order chi connectivity index (χ1) is 7.00. The van der Waals surface area contributed by atoms with E-state index in [2.05, 4.69) is 0 Å². The molecule has 0 aliphatic heterocycles. The van der Waals surface area contributed by atoms with Crippen molar-refractivity contribution in [3.63, 3.8) is 0 Å². The molecule has 0 radical (unpaired) electrons. The lowest BCUT2D eigenvalue weighted by molar-refractivity contribution is 0.475. The van der Waals surface area contributed by atoms with Crippen LogP contribution in [-0.4, -0.2) is 10.9 Å². The third-order valence-electron chi connectivity index (χ3n) is 1.48. The van der Waals surface area contributed by atoms with Crippen LogP contribution in [0.25, 0.3) is 0 Å². The van der Waals surface area contributed by atoms with Crippen LogP contribution in [0.3, 0.4) is 0 Å². The number of hydrogen-bond donors (Lipinski definition) is 1. The third-order valence-corrected chi connectivity index (χ3v) is 3.50. The minimum atomic E-state index is -0.0306. The summed E-state index contributed by atoms with van der Waals surface area (Å²) < 4.78 is 0.212. The summed E-state index contributed by atoms with van der Waals surface area (Å²) >= 11 is 24.0. The zero-order chi connectivity index (χ0) is 11.4. The standard InChI is InChI=1S/C9H6Cl4OS/c10-5-4-8(6(11)3-7(5)14)15-2-1-9(12)13/h1,3-4,14H,2H2. The van der Waals surface area contributed by atoms with Crippen molar-refractivity contribution in [1.29, 1.82) is 0 Å². The van der Waals surface area contributed by atoms with Crippen molar-refractivity contribution in [2.24, 2.45) is 0 Å². The van der Waals surface area contributed by atoms with Gasteiger partial charge in [-0.1, -0.05) is 46.4 Å². The molecule has 0 amide bonds. The van der Waals surface area contributed by atoms with Gasteiger partial charge in [-0.05, 0) is 12.1 Å². The largest absolute Gasteiger partial charge is 0.506 e. The van der Waals surface area contributed by atoms with Crippen LogP contribution in [0.1, 0.15) is 0 Å². The van der Waals surface area contributed by atoms with Crippen LogP contribution in [0, 0.1) is 0 Å². The number of rotatable bonds is 3. The predicted molar refractivity (Wildman–Crippen MR) is 68.6 cm³/mol. The maximum absolute atomic E-state index is 9.26.